The number of ether oxygens (including phenoxy) is 2. The van der Waals surface area contributed by atoms with Crippen LogP contribution in [-0.2, 0) is 6.61 Å². The van der Waals surface area contributed by atoms with E-state index in [0.29, 0.717) is 26.3 Å². The summed E-state index contributed by atoms with van der Waals surface area (Å²) < 4.78 is 101. The van der Waals surface area contributed by atoms with Gasteiger partial charge in [-0.2, -0.15) is 41.1 Å². The molecule has 0 amide bonds. The fraction of sp³-hybridized carbons (Fsp3) is 0.263. The number of nitrogens with zero attached hydrogens (tertiary/aromatic N) is 2. The van der Waals surface area contributed by atoms with Crippen molar-refractivity contribution in [3.05, 3.63) is 56.7 Å². The summed E-state index contributed by atoms with van der Waals surface area (Å²) in [5.74, 6) is -6.31. The first-order valence-electron chi connectivity index (χ1n) is 8.45. The van der Waals surface area contributed by atoms with Crippen LogP contribution in [0.5, 0.6) is 11.5 Å². The van der Waals surface area contributed by atoms with Gasteiger partial charge in [-0.15, -0.1) is 0 Å². The summed E-state index contributed by atoms with van der Waals surface area (Å²) in [5, 5.41) is 12.0. The fourth-order valence-electron chi connectivity index (χ4n) is 2.33. The van der Waals surface area contributed by atoms with E-state index in [-0.39, 0.29) is 23.7 Å². The molecule has 0 fully saturated rings. The zero-order valence-corrected chi connectivity index (χ0v) is 18.1. The molecule has 0 aromatic heterocycles. The Morgan fingerprint density at radius 2 is 1.78 bits per heavy atom. The van der Waals surface area contributed by atoms with Crippen LogP contribution in [0, 0.1) is 14.9 Å². The van der Waals surface area contributed by atoms with E-state index in [9.17, 15) is 30.7 Å². The zero-order valence-electron chi connectivity index (χ0n) is 16.0. The molecule has 2 aromatic rings. The standard InChI is InChI=1S/C19H13F7IN3O2/c1-31-15-7-14(27)6-13(9-29-30-19(25,26)17(20,21)18(22,23)24)16(15)32-10-12-5-3-2-4-11(12)8-28/h2-7,9,30H,10H2,1H3/b29-9-. The van der Waals surface area contributed by atoms with Crippen molar-refractivity contribution in [3.8, 4) is 17.6 Å². The average molecular weight is 575 g/mol. The van der Waals surface area contributed by atoms with Gasteiger partial charge in [0.05, 0.1) is 25.0 Å². The van der Waals surface area contributed by atoms with E-state index in [1.165, 1.54) is 19.2 Å². The maximum absolute atomic E-state index is 13.4. The van der Waals surface area contributed by atoms with E-state index in [1.807, 2.05) is 28.7 Å². The van der Waals surface area contributed by atoms with Crippen LogP contribution < -0.4 is 14.9 Å². The number of methoxy groups -OCH3 is 1. The molecule has 2 rings (SSSR count). The fourth-order valence-corrected chi connectivity index (χ4v) is 2.95. The lowest BCUT2D eigenvalue weighted by atomic mass is 10.1. The summed E-state index contributed by atoms with van der Waals surface area (Å²) in [7, 11) is 1.28. The van der Waals surface area contributed by atoms with Gasteiger partial charge in [-0.25, -0.2) is 5.43 Å². The quantitative estimate of drug-likeness (QED) is 0.149. The van der Waals surface area contributed by atoms with Crippen LogP contribution >= 0.6 is 22.6 Å². The van der Waals surface area contributed by atoms with Crippen molar-refractivity contribution in [2.75, 3.05) is 7.11 Å². The van der Waals surface area contributed by atoms with Crippen molar-refractivity contribution >= 4 is 28.8 Å². The minimum absolute atomic E-state index is 0.0539. The highest BCUT2D eigenvalue weighted by Crippen LogP contribution is 2.45. The first kappa shape index (κ1) is 25.5. The molecule has 0 radical (unpaired) electrons. The second-order valence-corrected chi connectivity index (χ2v) is 7.35. The summed E-state index contributed by atoms with van der Waals surface area (Å²) in [4.78, 5) is 0. The molecule has 2 aromatic carbocycles. The van der Waals surface area contributed by atoms with Crippen molar-refractivity contribution in [2.24, 2.45) is 5.10 Å². The first-order valence-corrected chi connectivity index (χ1v) is 9.53. The Morgan fingerprint density at radius 3 is 2.38 bits per heavy atom. The Labute approximate surface area is 190 Å². The molecule has 0 spiro atoms. The van der Waals surface area contributed by atoms with Crippen molar-refractivity contribution in [1.29, 1.82) is 5.26 Å². The smallest absolute Gasteiger partial charge is 0.462 e. The molecule has 0 atom stereocenters. The van der Waals surface area contributed by atoms with Gasteiger partial charge in [-0.05, 0) is 40.8 Å². The van der Waals surface area contributed by atoms with Crippen LogP contribution in [-0.4, -0.2) is 31.5 Å². The predicted octanol–water partition coefficient (Wildman–Crippen LogP) is 5.46. The number of halogens is 8. The molecule has 32 heavy (non-hydrogen) atoms. The van der Waals surface area contributed by atoms with Gasteiger partial charge >= 0.3 is 18.1 Å². The van der Waals surface area contributed by atoms with Crippen LogP contribution in [0.4, 0.5) is 30.7 Å². The van der Waals surface area contributed by atoms with E-state index in [0.717, 1.165) is 0 Å². The number of nitriles is 1. The largest absolute Gasteiger partial charge is 0.493 e. The van der Waals surface area contributed by atoms with Crippen molar-refractivity contribution in [3.63, 3.8) is 0 Å². The molecule has 0 bridgehead atoms. The van der Waals surface area contributed by atoms with Crippen LogP contribution in [0.2, 0.25) is 0 Å². The van der Waals surface area contributed by atoms with Crippen LogP contribution in [0.3, 0.4) is 0 Å². The molecule has 13 heteroatoms. The summed E-state index contributed by atoms with van der Waals surface area (Å²) in [6.45, 7) is -0.155. The van der Waals surface area contributed by atoms with E-state index in [4.69, 9.17) is 14.7 Å². The molecular formula is C19H13F7IN3O2. The van der Waals surface area contributed by atoms with Crippen molar-refractivity contribution < 1.29 is 40.2 Å². The van der Waals surface area contributed by atoms with Crippen molar-refractivity contribution in [1.82, 2.24) is 5.43 Å². The third kappa shape index (κ3) is 5.53. The third-order valence-electron chi connectivity index (χ3n) is 3.94. The lowest BCUT2D eigenvalue weighted by Crippen LogP contribution is -2.58. The van der Waals surface area contributed by atoms with Gasteiger partial charge in [-0.1, -0.05) is 18.2 Å². The van der Waals surface area contributed by atoms with Gasteiger partial charge in [0.15, 0.2) is 11.5 Å². The van der Waals surface area contributed by atoms with E-state index < -0.39 is 18.1 Å². The molecule has 5 nitrogen and oxygen atoms in total. The second-order valence-electron chi connectivity index (χ2n) is 6.10. The van der Waals surface area contributed by atoms with Crippen LogP contribution in [0.25, 0.3) is 0 Å². The molecule has 0 saturated heterocycles. The molecular weight excluding hydrogens is 562 g/mol. The normalized spacial score (nSPS) is 12.5. The van der Waals surface area contributed by atoms with Gasteiger partial charge in [0, 0.05) is 14.7 Å². The predicted molar refractivity (Wildman–Crippen MR) is 108 cm³/mol. The Kier molecular flexibility index (Phi) is 7.81. The second kappa shape index (κ2) is 9.80. The number of hydrazone groups is 1. The minimum Gasteiger partial charge on any atom is -0.493 e. The summed E-state index contributed by atoms with van der Waals surface area (Å²) >= 11 is 1.84. The van der Waals surface area contributed by atoms with E-state index in [2.05, 4.69) is 5.10 Å². The number of benzene rings is 2. The molecule has 0 aliphatic heterocycles. The Hall–Kier alpha value is -2.76. The summed E-state index contributed by atoms with van der Waals surface area (Å²) in [6, 6.07) is 5.54. The monoisotopic (exact) mass is 575 g/mol. The van der Waals surface area contributed by atoms with Crippen LogP contribution in [0.15, 0.2) is 41.5 Å². The van der Waals surface area contributed by atoms with Crippen molar-refractivity contribution in [2.45, 2.75) is 24.8 Å². The van der Waals surface area contributed by atoms with Crippen LogP contribution in [0.1, 0.15) is 16.7 Å². The third-order valence-corrected chi connectivity index (χ3v) is 4.56. The van der Waals surface area contributed by atoms with Gasteiger partial charge in [0.25, 0.3) is 0 Å². The Balaban J connectivity index is 2.33. The minimum atomic E-state index is -6.49. The van der Waals surface area contributed by atoms with E-state index >= 15 is 0 Å². The highest BCUT2D eigenvalue weighted by Gasteiger charge is 2.73. The first-order chi connectivity index (χ1) is 14.8. The molecule has 172 valence electrons. The number of rotatable bonds is 8. The zero-order chi connectivity index (χ0) is 24.2. The molecule has 0 saturated carbocycles. The number of nitrogens with one attached hydrogen (secondary N) is 1. The summed E-state index contributed by atoms with van der Waals surface area (Å²) in [6.07, 6.45) is -5.90. The molecule has 0 unspecified atom stereocenters. The highest BCUT2D eigenvalue weighted by molar-refractivity contribution is 14.1. The highest BCUT2D eigenvalue weighted by atomic mass is 127. The molecule has 0 aliphatic rings. The maximum Gasteiger partial charge on any atom is 0.462 e. The Morgan fingerprint density at radius 1 is 1.12 bits per heavy atom. The van der Waals surface area contributed by atoms with Gasteiger partial charge in [0.1, 0.15) is 6.61 Å². The molecule has 0 aliphatic carbocycles. The SMILES string of the molecule is COc1cc(I)cc(/C=N\NC(F)(F)C(F)(F)C(F)(F)F)c1OCc1ccccc1C#N. The average Bonchev–Trinajstić information content (AvgIpc) is 2.71. The van der Waals surface area contributed by atoms with Gasteiger partial charge in [0.2, 0.25) is 0 Å². The van der Waals surface area contributed by atoms with E-state index in [1.54, 1.807) is 24.3 Å². The van der Waals surface area contributed by atoms with Gasteiger partial charge in [-0.3, -0.25) is 0 Å². The summed E-state index contributed by atoms with van der Waals surface area (Å²) in [5.41, 5.74) is 1.29. The molecule has 0 heterocycles. The Bertz CT molecular complexity index is 1040. The van der Waals surface area contributed by atoms with Gasteiger partial charge < -0.3 is 9.47 Å². The number of alkyl halides is 7. The maximum atomic E-state index is 13.4. The lowest BCUT2D eigenvalue weighted by molar-refractivity contribution is -0.361. The number of hydrogen-bond donors (Lipinski definition) is 1. The molecule has 1 N–H and O–H groups in total. The lowest BCUT2D eigenvalue weighted by Gasteiger charge is -2.27. The number of hydrogen-bond acceptors (Lipinski definition) is 5. The topological polar surface area (TPSA) is 66.6 Å².